The maximum absolute atomic E-state index is 13.0. The molecule has 3 aromatic heterocycles. The third-order valence-electron chi connectivity index (χ3n) is 4.31. The predicted octanol–water partition coefficient (Wildman–Crippen LogP) is 3.81. The largest absolute Gasteiger partial charge is 0.321 e. The van der Waals surface area contributed by atoms with E-state index < -0.39 is 21.8 Å². The van der Waals surface area contributed by atoms with Crippen LogP contribution >= 0.6 is 22.7 Å². The van der Waals surface area contributed by atoms with Crippen molar-refractivity contribution in [2.24, 2.45) is 0 Å². The molecule has 0 unspecified atom stereocenters. The Balaban J connectivity index is 1.51. The number of pyridine rings is 1. The van der Waals surface area contributed by atoms with Gasteiger partial charge in [-0.25, -0.2) is 13.4 Å². The van der Waals surface area contributed by atoms with Crippen LogP contribution in [-0.2, 0) is 14.8 Å². The van der Waals surface area contributed by atoms with Gasteiger partial charge in [0.05, 0.1) is 9.77 Å². The van der Waals surface area contributed by atoms with Gasteiger partial charge in [0.2, 0.25) is 0 Å². The van der Waals surface area contributed by atoms with E-state index in [-0.39, 0.29) is 15.7 Å². The fraction of sp³-hybridized carbons (Fsp3) is 0. The molecule has 1 aromatic carbocycles. The van der Waals surface area contributed by atoms with Crippen molar-refractivity contribution in [2.45, 2.75) is 4.90 Å². The van der Waals surface area contributed by atoms with E-state index in [0.29, 0.717) is 16.1 Å². The Morgan fingerprint density at radius 2 is 1.76 bits per heavy atom. The first-order valence-electron chi connectivity index (χ1n) is 9.71. The molecule has 0 fully saturated rings. The van der Waals surface area contributed by atoms with Crippen LogP contribution in [0.15, 0.2) is 88.5 Å². The van der Waals surface area contributed by atoms with Gasteiger partial charge in [0.25, 0.3) is 21.8 Å². The summed E-state index contributed by atoms with van der Waals surface area (Å²) in [5, 5.41) is 8.98. The lowest BCUT2D eigenvalue weighted by molar-refractivity contribution is -0.113. The monoisotopic (exact) mass is 511 g/mol. The number of aromatic nitrogens is 2. The molecule has 0 aliphatic rings. The van der Waals surface area contributed by atoms with Crippen LogP contribution < -0.4 is 15.4 Å². The number of nitrogens with zero attached hydrogens (tertiary/aromatic N) is 2. The van der Waals surface area contributed by atoms with Crippen LogP contribution in [0.1, 0.15) is 15.2 Å². The van der Waals surface area contributed by atoms with Crippen molar-refractivity contribution in [3.63, 3.8) is 0 Å². The van der Waals surface area contributed by atoms with E-state index in [4.69, 9.17) is 0 Å². The van der Waals surface area contributed by atoms with Gasteiger partial charge in [-0.05, 0) is 53.4 Å². The number of nitrogens with one attached hydrogen (secondary N) is 3. The Morgan fingerprint density at radius 3 is 2.41 bits per heavy atom. The maximum atomic E-state index is 13.0. The van der Waals surface area contributed by atoms with Gasteiger partial charge in [0.1, 0.15) is 5.70 Å². The molecule has 0 bridgehead atoms. The summed E-state index contributed by atoms with van der Waals surface area (Å²) < 4.78 is 27.4. The number of carbonyl (C=O) groups is 2. The molecule has 12 heteroatoms. The molecule has 0 saturated carbocycles. The average molecular weight is 512 g/mol. The number of thiazole rings is 1. The molecule has 3 N–H and O–H groups in total. The molecular formula is C22H17N5O4S3. The average Bonchev–Trinajstić information content (AvgIpc) is 3.54. The second kappa shape index (κ2) is 10.4. The molecule has 0 saturated heterocycles. The molecule has 0 aliphatic heterocycles. The van der Waals surface area contributed by atoms with Crippen LogP contribution in [0.25, 0.3) is 6.08 Å². The lowest BCUT2D eigenvalue weighted by Gasteiger charge is -2.11. The molecule has 2 amide bonds. The number of anilines is 2. The standard InChI is InChI=1S/C22H17N5O4S3/c28-20(18(13-15-3-1-9-23-14-15)26-21(29)19-4-2-11-32-19)25-16-5-7-17(8-6-16)34(30,31)27-22-24-10-12-33-22/h1-14H,(H,24,27)(H,25,28)(H,26,29)/b18-13-. The fourth-order valence-electron chi connectivity index (χ4n) is 2.74. The highest BCUT2D eigenvalue weighted by molar-refractivity contribution is 7.93. The maximum Gasteiger partial charge on any atom is 0.272 e. The van der Waals surface area contributed by atoms with Gasteiger partial charge in [0.15, 0.2) is 5.13 Å². The number of rotatable bonds is 8. The van der Waals surface area contributed by atoms with E-state index in [2.05, 4.69) is 25.3 Å². The zero-order chi connectivity index (χ0) is 24.0. The molecule has 0 spiro atoms. The van der Waals surface area contributed by atoms with Gasteiger partial charge in [-0.1, -0.05) is 12.1 Å². The summed E-state index contributed by atoms with van der Waals surface area (Å²) in [6, 6.07) is 12.5. The number of sulfonamides is 1. The summed E-state index contributed by atoms with van der Waals surface area (Å²) in [7, 11) is -3.82. The van der Waals surface area contributed by atoms with Crippen LogP contribution in [0.4, 0.5) is 10.8 Å². The molecule has 4 aromatic rings. The number of benzene rings is 1. The number of hydrogen-bond donors (Lipinski definition) is 3. The van der Waals surface area contributed by atoms with E-state index in [0.717, 1.165) is 11.3 Å². The predicted molar refractivity (Wildman–Crippen MR) is 132 cm³/mol. The van der Waals surface area contributed by atoms with Crippen molar-refractivity contribution in [2.75, 3.05) is 10.0 Å². The zero-order valence-corrected chi connectivity index (χ0v) is 19.8. The molecular weight excluding hydrogens is 494 g/mol. The van der Waals surface area contributed by atoms with Crippen molar-refractivity contribution in [3.8, 4) is 0 Å². The third kappa shape index (κ3) is 5.92. The van der Waals surface area contributed by atoms with Gasteiger partial charge >= 0.3 is 0 Å². The minimum atomic E-state index is -3.82. The number of hydrogen-bond acceptors (Lipinski definition) is 8. The highest BCUT2D eigenvalue weighted by Crippen LogP contribution is 2.20. The summed E-state index contributed by atoms with van der Waals surface area (Å²) in [6.07, 6.45) is 6.15. The summed E-state index contributed by atoms with van der Waals surface area (Å²) in [6.45, 7) is 0. The third-order valence-corrected chi connectivity index (χ3v) is 7.35. The van der Waals surface area contributed by atoms with Crippen LogP contribution in [-0.4, -0.2) is 30.2 Å². The summed E-state index contributed by atoms with van der Waals surface area (Å²) in [4.78, 5) is 33.9. The normalized spacial score (nSPS) is 11.6. The summed E-state index contributed by atoms with van der Waals surface area (Å²) >= 11 is 2.41. The first-order valence-corrected chi connectivity index (χ1v) is 13.0. The molecule has 4 rings (SSSR count). The van der Waals surface area contributed by atoms with E-state index in [1.165, 1.54) is 47.9 Å². The minimum Gasteiger partial charge on any atom is -0.321 e. The van der Waals surface area contributed by atoms with Crippen molar-refractivity contribution < 1.29 is 18.0 Å². The SMILES string of the molecule is O=C(Nc1ccc(S(=O)(=O)Nc2nccs2)cc1)/C(=C/c1cccnc1)NC(=O)c1cccs1. The van der Waals surface area contributed by atoms with E-state index in [9.17, 15) is 18.0 Å². The molecule has 3 heterocycles. The highest BCUT2D eigenvalue weighted by Gasteiger charge is 2.18. The number of thiophene rings is 1. The Bertz CT molecular complexity index is 1400. The Labute approximate surface area is 203 Å². The Hall–Kier alpha value is -3.87. The van der Waals surface area contributed by atoms with Crippen molar-refractivity contribution in [1.29, 1.82) is 0 Å². The van der Waals surface area contributed by atoms with Crippen molar-refractivity contribution >= 4 is 61.4 Å². The fourth-order valence-corrected chi connectivity index (χ4v) is 5.15. The van der Waals surface area contributed by atoms with E-state index in [1.54, 1.807) is 47.4 Å². The van der Waals surface area contributed by atoms with Gasteiger partial charge in [-0.3, -0.25) is 19.3 Å². The zero-order valence-electron chi connectivity index (χ0n) is 17.3. The number of carbonyl (C=O) groups excluding carboxylic acids is 2. The van der Waals surface area contributed by atoms with E-state index >= 15 is 0 Å². The lowest BCUT2D eigenvalue weighted by atomic mass is 10.2. The Morgan fingerprint density at radius 1 is 0.941 bits per heavy atom. The first kappa shape index (κ1) is 23.3. The van der Waals surface area contributed by atoms with Gasteiger partial charge in [-0.2, -0.15) is 0 Å². The molecule has 0 radical (unpaired) electrons. The molecule has 0 atom stereocenters. The molecule has 34 heavy (non-hydrogen) atoms. The molecule has 172 valence electrons. The van der Waals surface area contributed by atoms with Crippen LogP contribution in [0.5, 0.6) is 0 Å². The first-order chi connectivity index (χ1) is 16.4. The number of amides is 2. The quantitative estimate of drug-likeness (QED) is 0.309. The van der Waals surface area contributed by atoms with Crippen LogP contribution in [0, 0.1) is 0 Å². The van der Waals surface area contributed by atoms with Crippen molar-refractivity contribution in [3.05, 3.63) is 94.0 Å². The smallest absolute Gasteiger partial charge is 0.272 e. The van der Waals surface area contributed by atoms with Crippen molar-refractivity contribution in [1.82, 2.24) is 15.3 Å². The summed E-state index contributed by atoms with van der Waals surface area (Å²) in [5.74, 6) is -1.000. The second-order valence-electron chi connectivity index (χ2n) is 6.70. The summed E-state index contributed by atoms with van der Waals surface area (Å²) in [5.41, 5.74) is 0.975. The topological polar surface area (TPSA) is 130 Å². The molecule has 9 nitrogen and oxygen atoms in total. The lowest BCUT2D eigenvalue weighted by Crippen LogP contribution is -2.30. The van der Waals surface area contributed by atoms with Crippen LogP contribution in [0.3, 0.4) is 0 Å². The highest BCUT2D eigenvalue weighted by atomic mass is 32.2. The minimum absolute atomic E-state index is 0.00790. The van der Waals surface area contributed by atoms with E-state index in [1.807, 2.05) is 0 Å². The molecule has 0 aliphatic carbocycles. The van der Waals surface area contributed by atoms with Gasteiger partial charge < -0.3 is 10.6 Å². The van der Waals surface area contributed by atoms with Crippen LogP contribution in [0.2, 0.25) is 0 Å². The second-order valence-corrected chi connectivity index (χ2v) is 10.2. The Kier molecular flexibility index (Phi) is 7.11. The van der Waals surface area contributed by atoms with Gasteiger partial charge in [-0.15, -0.1) is 22.7 Å². The van der Waals surface area contributed by atoms with Gasteiger partial charge in [0, 0.05) is 29.7 Å².